The van der Waals surface area contributed by atoms with E-state index in [1.54, 1.807) is 0 Å². The average molecular weight is 456 g/mol. The van der Waals surface area contributed by atoms with Gasteiger partial charge in [0.05, 0.1) is 17.6 Å². The third-order valence-corrected chi connectivity index (χ3v) is 6.44. The van der Waals surface area contributed by atoms with Gasteiger partial charge < -0.3 is 19.3 Å². The maximum atomic E-state index is 13.0. The molecule has 0 saturated carbocycles. The summed E-state index contributed by atoms with van der Waals surface area (Å²) in [5, 5.41) is 10.8. The predicted molar refractivity (Wildman–Crippen MR) is 133 cm³/mol. The number of fused-ring (bicyclic) bond motifs is 1. The first-order chi connectivity index (χ1) is 16.5. The van der Waals surface area contributed by atoms with E-state index in [4.69, 9.17) is 9.72 Å². The molecular weight excluding hydrogens is 426 g/mol. The molecule has 5 rings (SSSR count). The van der Waals surface area contributed by atoms with E-state index in [1.807, 2.05) is 91.5 Å². The topological polar surface area (TPSA) is 67.6 Å². The zero-order valence-electron chi connectivity index (χ0n) is 19.5. The molecule has 1 amide bonds. The molecule has 1 N–H and O–H groups in total. The molecule has 1 fully saturated rings. The number of rotatable bonds is 7. The number of hydrogen-bond acceptors (Lipinski definition) is 4. The highest BCUT2D eigenvalue weighted by atomic mass is 16.5. The molecule has 6 heteroatoms. The monoisotopic (exact) mass is 455 g/mol. The average Bonchev–Trinajstić information content (AvgIpc) is 3.39. The number of amides is 1. The number of aromatic nitrogens is 2. The van der Waals surface area contributed by atoms with Crippen LogP contribution in [0.5, 0.6) is 5.75 Å². The Kier molecular flexibility index (Phi) is 6.07. The van der Waals surface area contributed by atoms with Crippen molar-refractivity contribution in [3.63, 3.8) is 0 Å². The maximum absolute atomic E-state index is 13.0. The highest BCUT2D eigenvalue weighted by molar-refractivity contribution is 5.97. The summed E-state index contributed by atoms with van der Waals surface area (Å²) >= 11 is 0. The number of para-hydroxylation sites is 3. The molecule has 1 saturated heterocycles. The van der Waals surface area contributed by atoms with E-state index >= 15 is 0 Å². The number of benzene rings is 3. The van der Waals surface area contributed by atoms with Crippen molar-refractivity contribution in [3.05, 3.63) is 89.7 Å². The lowest BCUT2D eigenvalue weighted by molar-refractivity contribution is -0.117. The first kappa shape index (κ1) is 22.2. The summed E-state index contributed by atoms with van der Waals surface area (Å²) in [5.41, 5.74) is 5.01. The molecule has 4 aromatic rings. The minimum absolute atomic E-state index is 0.0512. The number of anilines is 1. The minimum atomic E-state index is -0.720. The van der Waals surface area contributed by atoms with Crippen molar-refractivity contribution in [1.29, 1.82) is 0 Å². The number of aryl methyl sites for hydroxylation is 2. The second-order valence-electron chi connectivity index (χ2n) is 9.04. The highest BCUT2D eigenvalue weighted by Crippen LogP contribution is 2.34. The van der Waals surface area contributed by atoms with Gasteiger partial charge >= 0.3 is 0 Å². The second kappa shape index (κ2) is 9.31. The summed E-state index contributed by atoms with van der Waals surface area (Å²) < 4.78 is 7.86. The number of aliphatic hydroxyl groups excluding tert-OH is 1. The van der Waals surface area contributed by atoms with Crippen molar-refractivity contribution in [2.75, 3.05) is 18.1 Å². The van der Waals surface area contributed by atoms with Gasteiger partial charge in [-0.15, -0.1) is 0 Å². The van der Waals surface area contributed by atoms with Gasteiger partial charge in [0.15, 0.2) is 0 Å². The van der Waals surface area contributed by atoms with Crippen molar-refractivity contribution in [1.82, 2.24) is 9.55 Å². The van der Waals surface area contributed by atoms with Crippen LogP contribution >= 0.6 is 0 Å². The molecule has 0 spiro atoms. The maximum Gasteiger partial charge on any atom is 0.227 e. The molecule has 34 heavy (non-hydrogen) atoms. The zero-order chi connectivity index (χ0) is 23.7. The standard InChI is InChI=1S/C28H29N3O3/c1-19-11-13-23(14-12-19)34-18-22(32)17-31-26-10-6-4-8-24(26)29-28(31)21-15-27(33)30(16-21)25-9-5-3-7-20(25)2/h3-14,21-22,32H,15-18H2,1-2H3/t21-,22-/m1/s1. The molecule has 3 aromatic carbocycles. The van der Waals surface area contributed by atoms with E-state index in [1.165, 1.54) is 0 Å². The Morgan fingerprint density at radius 1 is 1.03 bits per heavy atom. The molecule has 2 heterocycles. The minimum Gasteiger partial charge on any atom is -0.491 e. The fourth-order valence-electron chi connectivity index (χ4n) is 4.67. The van der Waals surface area contributed by atoms with Gasteiger partial charge in [-0.2, -0.15) is 0 Å². The second-order valence-corrected chi connectivity index (χ2v) is 9.04. The van der Waals surface area contributed by atoms with Crippen LogP contribution in [0.15, 0.2) is 72.8 Å². The summed E-state index contributed by atoms with van der Waals surface area (Å²) in [6, 6.07) is 23.7. The molecule has 0 radical (unpaired) electrons. The predicted octanol–water partition coefficient (Wildman–Crippen LogP) is 4.61. The van der Waals surface area contributed by atoms with E-state index in [0.29, 0.717) is 19.5 Å². The van der Waals surface area contributed by atoms with E-state index in [0.717, 1.165) is 39.4 Å². The Balaban J connectivity index is 1.38. The van der Waals surface area contributed by atoms with Crippen LogP contribution in [-0.2, 0) is 11.3 Å². The Bertz CT molecular complexity index is 1310. The number of ether oxygens (including phenoxy) is 1. The van der Waals surface area contributed by atoms with E-state index in [9.17, 15) is 9.90 Å². The lowest BCUT2D eigenvalue weighted by Crippen LogP contribution is -2.27. The molecule has 0 bridgehead atoms. The Hall–Kier alpha value is -3.64. The molecule has 1 aliphatic rings. The van der Waals surface area contributed by atoms with Gasteiger partial charge in [0.1, 0.15) is 24.3 Å². The van der Waals surface area contributed by atoms with Crippen molar-refractivity contribution < 1.29 is 14.6 Å². The van der Waals surface area contributed by atoms with Crippen molar-refractivity contribution in [2.24, 2.45) is 0 Å². The van der Waals surface area contributed by atoms with Gasteiger partial charge in [0.2, 0.25) is 5.91 Å². The lowest BCUT2D eigenvalue weighted by Gasteiger charge is -2.20. The summed E-state index contributed by atoms with van der Waals surface area (Å²) in [6.07, 6.45) is -0.324. The molecule has 174 valence electrons. The Morgan fingerprint density at radius 2 is 1.76 bits per heavy atom. The van der Waals surface area contributed by atoms with Crippen LogP contribution in [0.25, 0.3) is 11.0 Å². The van der Waals surface area contributed by atoms with Crippen LogP contribution in [0.2, 0.25) is 0 Å². The van der Waals surface area contributed by atoms with E-state index in [-0.39, 0.29) is 18.4 Å². The normalized spacial score (nSPS) is 16.9. The summed E-state index contributed by atoms with van der Waals surface area (Å²) in [5.74, 6) is 1.61. The van der Waals surface area contributed by atoms with Crippen molar-refractivity contribution in [2.45, 2.75) is 38.8 Å². The summed E-state index contributed by atoms with van der Waals surface area (Å²) in [6.45, 7) is 5.14. The van der Waals surface area contributed by atoms with E-state index < -0.39 is 6.10 Å². The van der Waals surface area contributed by atoms with Gasteiger partial charge in [-0.05, 0) is 49.7 Å². The number of nitrogens with zero attached hydrogens (tertiary/aromatic N) is 3. The fourth-order valence-corrected chi connectivity index (χ4v) is 4.67. The van der Waals surface area contributed by atoms with Crippen LogP contribution in [0, 0.1) is 13.8 Å². The van der Waals surface area contributed by atoms with Crippen LogP contribution in [-0.4, -0.2) is 39.8 Å². The number of carbonyl (C=O) groups is 1. The third-order valence-electron chi connectivity index (χ3n) is 6.44. The SMILES string of the molecule is Cc1ccc(OC[C@H](O)Cn2c([C@@H]3CC(=O)N(c4ccccc4C)C3)nc3ccccc32)cc1. The number of imidazole rings is 1. The first-order valence-corrected chi connectivity index (χ1v) is 11.7. The molecule has 6 nitrogen and oxygen atoms in total. The van der Waals surface area contributed by atoms with E-state index in [2.05, 4.69) is 4.57 Å². The molecule has 0 unspecified atom stereocenters. The summed E-state index contributed by atoms with van der Waals surface area (Å²) in [7, 11) is 0. The number of hydrogen-bond donors (Lipinski definition) is 1. The molecular formula is C28H29N3O3. The number of aliphatic hydroxyl groups is 1. The smallest absolute Gasteiger partial charge is 0.227 e. The third kappa shape index (κ3) is 4.41. The Morgan fingerprint density at radius 3 is 2.56 bits per heavy atom. The fraction of sp³-hybridized carbons (Fsp3) is 0.286. The summed E-state index contributed by atoms with van der Waals surface area (Å²) in [4.78, 5) is 19.7. The highest BCUT2D eigenvalue weighted by Gasteiger charge is 2.35. The van der Waals surface area contributed by atoms with Crippen LogP contribution in [0.4, 0.5) is 5.69 Å². The quantitative estimate of drug-likeness (QED) is 0.442. The van der Waals surface area contributed by atoms with Crippen molar-refractivity contribution >= 4 is 22.6 Å². The van der Waals surface area contributed by atoms with Crippen LogP contribution < -0.4 is 9.64 Å². The van der Waals surface area contributed by atoms with Gasteiger partial charge in [0, 0.05) is 24.6 Å². The number of carbonyl (C=O) groups excluding carboxylic acids is 1. The first-order valence-electron chi connectivity index (χ1n) is 11.7. The zero-order valence-corrected chi connectivity index (χ0v) is 19.5. The molecule has 0 aliphatic carbocycles. The molecule has 2 atom stereocenters. The van der Waals surface area contributed by atoms with Gasteiger partial charge in [0.25, 0.3) is 0 Å². The van der Waals surface area contributed by atoms with Gasteiger partial charge in [-0.1, -0.05) is 48.0 Å². The Labute approximate surface area is 199 Å². The van der Waals surface area contributed by atoms with Gasteiger partial charge in [-0.3, -0.25) is 4.79 Å². The van der Waals surface area contributed by atoms with Crippen LogP contribution in [0.1, 0.15) is 29.3 Å². The van der Waals surface area contributed by atoms with Gasteiger partial charge in [-0.25, -0.2) is 4.98 Å². The van der Waals surface area contributed by atoms with Crippen molar-refractivity contribution in [3.8, 4) is 5.75 Å². The lowest BCUT2D eigenvalue weighted by atomic mass is 10.1. The van der Waals surface area contributed by atoms with Crippen LogP contribution in [0.3, 0.4) is 0 Å². The molecule has 1 aromatic heterocycles. The largest absolute Gasteiger partial charge is 0.491 e. The molecule has 1 aliphatic heterocycles.